The Morgan fingerprint density at radius 3 is 2.36 bits per heavy atom. The molecule has 7 heteroatoms. The van der Waals surface area contributed by atoms with Gasteiger partial charge in [-0.2, -0.15) is 4.99 Å². The maximum absolute atomic E-state index is 12.4. The second-order valence-electron chi connectivity index (χ2n) is 5.42. The van der Waals surface area contributed by atoms with Crippen molar-refractivity contribution in [3.05, 3.63) is 57.3 Å². The van der Waals surface area contributed by atoms with Gasteiger partial charge in [-0.05, 0) is 31.2 Å². The zero-order chi connectivity index (χ0) is 18.1. The van der Waals surface area contributed by atoms with Crippen molar-refractivity contribution in [2.24, 2.45) is 12.0 Å². The molecule has 0 fully saturated rings. The largest absolute Gasteiger partial charge is 0.495 e. The summed E-state index contributed by atoms with van der Waals surface area (Å²) in [7, 11) is 3.39. The Morgan fingerprint density at radius 1 is 1.12 bits per heavy atom. The predicted molar refractivity (Wildman–Crippen MR) is 98.7 cm³/mol. The van der Waals surface area contributed by atoms with Crippen LogP contribution in [-0.2, 0) is 7.05 Å². The first-order valence-corrected chi connectivity index (χ1v) is 8.64. The quantitative estimate of drug-likeness (QED) is 0.654. The molecule has 2 aromatic carbocycles. The van der Waals surface area contributed by atoms with Crippen molar-refractivity contribution >= 4 is 44.8 Å². The molecule has 25 heavy (non-hydrogen) atoms. The van der Waals surface area contributed by atoms with Crippen molar-refractivity contribution in [2.45, 2.75) is 6.92 Å². The second kappa shape index (κ2) is 6.82. The van der Waals surface area contributed by atoms with Gasteiger partial charge in [-0.1, -0.05) is 35.1 Å². The average molecular weight is 375 g/mol. The number of amides is 1. The van der Waals surface area contributed by atoms with Crippen LogP contribution in [0.4, 0.5) is 0 Å². The number of methoxy groups -OCH3 is 1. The number of carbonyl (C=O) groups excluding carboxylic acids is 2. The summed E-state index contributed by atoms with van der Waals surface area (Å²) in [6, 6.07) is 9.98. The summed E-state index contributed by atoms with van der Waals surface area (Å²) in [5.74, 6) is 0.235. The summed E-state index contributed by atoms with van der Waals surface area (Å²) in [6.45, 7) is 1.48. The highest BCUT2D eigenvalue weighted by Gasteiger charge is 2.13. The number of hydrogen-bond donors (Lipinski definition) is 0. The van der Waals surface area contributed by atoms with Gasteiger partial charge in [0.05, 0.1) is 16.8 Å². The van der Waals surface area contributed by atoms with E-state index in [1.54, 1.807) is 48.1 Å². The molecular weight excluding hydrogens is 360 g/mol. The Bertz CT molecular complexity index is 1050. The van der Waals surface area contributed by atoms with Crippen LogP contribution in [0.2, 0.25) is 5.02 Å². The maximum Gasteiger partial charge on any atom is 0.279 e. The molecule has 0 aliphatic rings. The number of thiazole rings is 1. The molecule has 1 amide bonds. The van der Waals surface area contributed by atoms with Crippen LogP contribution < -0.4 is 9.54 Å². The van der Waals surface area contributed by atoms with Gasteiger partial charge in [0, 0.05) is 18.2 Å². The van der Waals surface area contributed by atoms with E-state index in [1.165, 1.54) is 18.3 Å². The fourth-order valence-corrected chi connectivity index (χ4v) is 3.77. The van der Waals surface area contributed by atoms with Crippen molar-refractivity contribution in [1.29, 1.82) is 0 Å². The zero-order valence-corrected chi connectivity index (χ0v) is 15.4. The van der Waals surface area contributed by atoms with Gasteiger partial charge >= 0.3 is 0 Å². The topological polar surface area (TPSA) is 60.7 Å². The highest BCUT2D eigenvalue weighted by Crippen LogP contribution is 2.32. The van der Waals surface area contributed by atoms with E-state index < -0.39 is 0 Å². The van der Waals surface area contributed by atoms with E-state index in [-0.39, 0.29) is 11.7 Å². The molecule has 0 radical (unpaired) electrons. The molecule has 0 saturated heterocycles. The highest BCUT2D eigenvalue weighted by molar-refractivity contribution is 7.17. The van der Waals surface area contributed by atoms with Crippen molar-refractivity contribution < 1.29 is 14.3 Å². The Kier molecular flexibility index (Phi) is 4.74. The molecule has 3 aromatic rings. The molecule has 128 valence electrons. The first kappa shape index (κ1) is 17.4. The molecule has 1 aromatic heterocycles. The Hall–Kier alpha value is -2.44. The van der Waals surface area contributed by atoms with E-state index in [1.807, 2.05) is 7.05 Å². The van der Waals surface area contributed by atoms with Crippen molar-refractivity contribution in [2.75, 3.05) is 7.11 Å². The molecule has 3 rings (SSSR count). The number of ether oxygens (including phenoxy) is 1. The lowest BCUT2D eigenvalue weighted by Crippen LogP contribution is -2.13. The van der Waals surface area contributed by atoms with Crippen molar-refractivity contribution in [1.82, 2.24) is 4.57 Å². The Balaban J connectivity index is 2.09. The van der Waals surface area contributed by atoms with Gasteiger partial charge < -0.3 is 9.30 Å². The lowest BCUT2D eigenvalue weighted by atomic mass is 10.1. The molecular formula is C18H15ClN2O3S. The number of halogens is 1. The monoisotopic (exact) mass is 374 g/mol. The first-order valence-electron chi connectivity index (χ1n) is 7.44. The van der Waals surface area contributed by atoms with Crippen LogP contribution in [0.3, 0.4) is 0 Å². The number of hydrogen-bond acceptors (Lipinski definition) is 4. The standard InChI is InChI=1S/C18H15ClN2O3S/c1-10(22)11-4-6-12(7-5-11)17(23)20-18-21(2)15-14(24-3)9-8-13(19)16(15)25-18/h4-9H,1-3H3. The van der Waals surface area contributed by atoms with Crippen LogP contribution in [-0.4, -0.2) is 23.4 Å². The molecule has 0 aliphatic carbocycles. The average Bonchev–Trinajstić information content (AvgIpc) is 2.93. The van der Waals surface area contributed by atoms with Crippen LogP contribution in [0.1, 0.15) is 27.6 Å². The minimum Gasteiger partial charge on any atom is -0.495 e. The molecule has 1 heterocycles. The van der Waals surface area contributed by atoms with E-state index in [4.69, 9.17) is 16.3 Å². The lowest BCUT2D eigenvalue weighted by molar-refractivity contribution is 0.0991. The van der Waals surface area contributed by atoms with E-state index in [9.17, 15) is 9.59 Å². The minimum absolute atomic E-state index is 0.0476. The summed E-state index contributed by atoms with van der Waals surface area (Å²) >= 11 is 7.58. The number of nitrogens with zero attached hydrogens (tertiary/aromatic N) is 2. The van der Waals surface area contributed by atoms with Gasteiger partial charge in [0.2, 0.25) is 0 Å². The van der Waals surface area contributed by atoms with Crippen molar-refractivity contribution in [3.8, 4) is 5.75 Å². The fraction of sp³-hybridized carbons (Fsp3) is 0.167. The molecule has 0 aliphatic heterocycles. The second-order valence-corrected chi connectivity index (χ2v) is 6.81. The lowest BCUT2D eigenvalue weighted by Gasteiger charge is -2.04. The van der Waals surface area contributed by atoms with Gasteiger partial charge in [0.25, 0.3) is 5.91 Å². The maximum atomic E-state index is 12.4. The number of ketones is 1. The zero-order valence-electron chi connectivity index (χ0n) is 13.9. The van der Waals surface area contributed by atoms with Gasteiger partial charge in [0.1, 0.15) is 11.3 Å². The van der Waals surface area contributed by atoms with Crippen LogP contribution >= 0.6 is 22.9 Å². The summed E-state index contributed by atoms with van der Waals surface area (Å²) in [4.78, 5) is 28.5. The van der Waals surface area contributed by atoms with Gasteiger partial charge in [0.15, 0.2) is 10.6 Å². The third-order valence-electron chi connectivity index (χ3n) is 3.82. The normalized spacial score (nSPS) is 11.8. The van der Waals surface area contributed by atoms with Crippen molar-refractivity contribution in [3.63, 3.8) is 0 Å². The molecule has 0 saturated carbocycles. The van der Waals surface area contributed by atoms with Crippen LogP contribution in [0.15, 0.2) is 41.4 Å². The molecule has 0 bridgehead atoms. The molecule has 5 nitrogen and oxygen atoms in total. The van der Waals surface area contributed by atoms with Crippen LogP contribution in [0, 0.1) is 0 Å². The van der Waals surface area contributed by atoms with Crippen LogP contribution in [0.25, 0.3) is 10.2 Å². The Morgan fingerprint density at radius 2 is 1.76 bits per heavy atom. The summed E-state index contributed by atoms with van der Waals surface area (Å²) < 4.78 is 7.96. The third-order valence-corrected chi connectivity index (χ3v) is 5.41. The fourth-order valence-electron chi connectivity index (χ4n) is 2.46. The predicted octanol–water partition coefficient (Wildman–Crippen LogP) is 3.85. The van der Waals surface area contributed by atoms with Gasteiger partial charge in [-0.25, -0.2) is 0 Å². The first-order chi connectivity index (χ1) is 11.9. The Labute approximate surface area is 153 Å². The number of carbonyl (C=O) groups is 2. The summed E-state index contributed by atoms with van der Waals surface area (Å²) in [6.07, 6.45) is 0. The highest BCUT2D eigenvalue weighted by atomic mass is 35.5. The van der Waals surface area contributed by atoms with Gasteiger partial charge in [-0.3, -0.25) is 9.59 Å². The van der Waals surface area contributed by atoms with E-state index in [0.717, 1.165) is 10.2 Å². The molecule has 0 atom stereocenters. The number of fused-ring (bicyclic) bond motifs is 1. The summed E-state index contributed by atoms with van der Waals surface area (Å²) in [5, 5.41) is 0.580. The van der Waals surface area contributed by atoms with E-state index >= 15 is 0 Å². The molecule has 0 unspecified atom stereocenters. The van der Waals surface area contributed by atoms with E-state index in [2.05, 4.69) is 4.99 Å². The minimum atomic E-state index is -0.382. The SMILES string of the molecule is COc1ccc(Cl)c2sc(=NC(=O)c3ccc(C(C)=O)cc3)n(C)c12. The molecule has 0 spiro atoms. The van der Waals surface area contributed by atoms with Crippen LogP contribution in [0.5, 0.6) is 5.75 Å². The summed E-state index contributed by atoms with van der Waals surface area (Å²) in [5.41, 5.74) is 1.76. The molecule has 0 N–H and O–H groups in total. The van der Waals surface area contributed by atoms with Gasteiger partial charge in [-0.15, -0.1) is 0 Å². The number of aromatic nitrogens is 1. The number of Topliss-reactive ketones (excluding diaryl/α,β-unsaturated/α-hetero) is 1. The number of rotatable bonds is 3. The number of benzene rings is 2. The number of aryl methyl sites for hydroxylation is 1. The third kappa shape index (κ3) is 3.23. The van der Waals surface area contributed by atoms with E-state index in [0.29, 0.717) is 26.7 Å². The smallest absolute Gasteiger partial charge is 0.279 e.